The highest BCUT2D eigenvalue weighted by Gasteiger charge is 2.46. The lowest BCUT2D eigenvalue weighted by Crippen LogP contribution is -2.39. The van der Waals surface area contributed by atoms with Gasteiger partial charge in [0.2, 0.25) is 0 Å². The van der Waals surface area contributed by atoms with E-state index in [9.17, 15) is 14.2 Å². The van der Waals surface area contributed by atoms with Crippen LogP contribution in [0.3, 0.4) is 0 Å². The van der Waals surface area contributed by atoms with Crippen LogP contribution in [0.1, 0.15) is 18.1 Å². The molecule has 27 heavy (non-hydrogen) atoms. The van der Waals surface area contributed by atoms with Crippen LogP contribution in [0.2, 0.25) is 0 Å². The van der Waals surface area contributed by atoms with Gasteiger partial charge in [0.1, 0.15) is 7.14 Å². The van der Waals surface area contributed by atoms with Gasteiger partial charge in [-0.2, -0.15) is 0 Å². The Labute approximate surface area is 160 Å². The number of hydrogen-bond acceptors (Lipinski definition) is 5. The lowest BCUT2D eigenvalue weighted by atomic mass is 10.1. The van der Waals surface area contributed by atoms with Crippen LogP contribution in [-0.2, 0) is 23.6 Å². The first kappa shape index (κ1) is 20.9. The van der Waals surface area contributed by atoms with Crippen molar-refractivity contribution < 1.29 is 23.6 Å². The number of hydrogen-bond donors (Lipinski definition) is 0. The van der Waals surface area contributed by atoms with Gasteiger partial charge in [0.05, 0.1) is 14.2 Å². The van der Waals surface area contributed by atoms with E-state index in [2.05, 4.69) is 0 Å². The molecular formula is C21H25O5P. The van der Waals surface area contributed by atoms with E-state index in [-0.39, 0.29) is 0 Å². The summed E-state index contributed by atoms with van der Waals surface area (Å²) in [5.74, 6) is -2.80. The maximum Gasteiger partial charge on any atom is 0.320 e. The van der Waals surface area contributed by atoms with E-state index in [1.54, 1.807) is 31.2 Å². The van der Waals surface area contributed by atoms with Crippen molar-refractivity contribution >= 4 is 29.7 Å². The van der Waals surface area contributed by atoms with E-state index in [0.717, 1.165) is 11.1 Å². The van der Waals surface area contributed by atoms with E-state index < -0.39 is 30.7 Å². The summed E-state index contributed by atoms with van der Waals surface area (Å²) in [6, 6.07) is 14.6. The standard InChI is InChI=1S/C21H25O5P/c1-14-6-10-17(11-7-14)27(24,18-12-8-15(2)9-13-18)16(3)19(20(22)25-4)21(23)26-5/h6-13,16,19H,1-5H3. The topological polar surface area (TPSA) is 69.7 Å². The zero-order chi connectivity index (χ0) is 20.2. The number of carbonyl (C=O) groups excluding carboxylic acids is 2. The van der Waals surface area contributed by atoms with E-state index in [1.165, 1.54) is 14.2 Å². The highest BCUT2D eigenvalue weighted by Crippen LogP contribution is 2.51. The quantitative estimate of drug-likeness (QED) is 0.432. The largest absolute Gasteiger partial charge is 0.468 e. The van der Waals surface area contributed by atoms with Gasteiger partial charge in [0.25, 0.3) is 0 Å². The second-order valence-electron chi connectivity index (χ2n) is 6.59. The second kappa shape index (κ2) is 8.53. The van der Waals surface area contributed by atoms with Crippen molar-refractivity contribution in [2.24, 2.45) is 5.92 Å². The molecule has 5 nitrogen and oxygen atoms in total. The summed E-state index contributed by atoms with van der Waals surface area (Å²) < 4.78 is 24.0. The van der Waals surface area contributed by atoms with E-state index in [1.807, 2.05) is 38.1 Å². The zero-order valence-corrected chi connectivity index (χ0v) is 17.2. The van der Waals surface area contributed by atoms with Crippen LogP contribution in [0.15, 0.2) is 48.5 Å². The number of esters is 2. The van der Waals surface area contributed by atoms with Gasteiger partial charge >= 0.3 is 11.9 Å². The minimum absolute atomic E-state index is 0.585. The Morgan fingerprint density at radius 3 is 1.41 bits per heavy atom. The normalized spacial score (nSPS) is 12.5. The number of methoxy groups -OCH3 is 2. The van der Waals surface area contributed by atoms with Crippen LogP contribution in [0.4, 0.5) is 0 Å². The molecule has 0 bridgehead atoms. The first-order chi connectivity index (χ1) is 12.7. The lowest BCUT2D eigenvalue weighted by Gasteiger charge is -2.29. The molecule has 0 amide bonds. The predicted octanol–water partition coefficient (Wildman–Crippen LogP) is 2.97. The third-order valence-electron chi connectivity index (χ3n) is 4.80. The average Bonchev–Trinajstić information content (AvgIpc) is 2.68. The molecule has 2 rings (SSSR count). The van der Waals surface area contributed by atoms with Crippen molar-refractivity contribution in [1.29, 1.82) is 0 Å². The molecule has 2 aromatic carbocycles. The van der Waals surface area contributed by atoms with E-state index >= 15 is 0 Å². The van der Waals surface area contributed by atoms with Crippen LogP contribution < -0.4 is 10.6 Å². The molecule has 144 valence electrons. The predicted molar refractivity (Wildman–Crippen MR) is 106 cm³/mol. The Balaban J connectivity index is 2.69. The van der Waals surface area contributed by atoms with Crippen LogP contribution in [0, 0.1) is 19.8 Å². The average molecular weight is 388 g/mol. The summed E-state index contributed by atoms with van der Waals surface area (Å²) in [5.41, 5.74) is 1.22. The van der Waals surface area contributed by atoms with Crippen molar-refractivity contribution in [1.82, 2.24) is 0 Å². The van der Waals surface area contributed by atoms with Gasteiger partial charge in [0, 0.05) is 16.3 Å². The van der Waals surface area contributed by atoms with Crippen molar-refractivity contribution in [2.45, 2.75) is 26.4 Å². The third-order valence-corrected chi connectivity index (χ3v) is 8.38. The van der Waals surface area contributed by atoms with Gasteiger partial charge in [0.15, 0.2) is 5.92 Å². The van der Waals surface area contributed by atoms with Gasteiger partial charge in [-0.15, -0.1) is 0 Å². The molecule has 0 saturated heterocycles. The molecule has 0 heterocycles. The first-order valence-electron chi connectivity index (χ1n) is 8.65. The summed E-state index contributed by atoms with van der Waals surface area (Å²) in [6.45, 7) is 5.52. The number of ether oxygens (including phenoxy) is 2. The summed E-state index contributed by atoms with van der Waals surface area (Å²) in [5, 5.41) is 1.17. The summed E-state index contributed by atoms with van der Waals surface area (Å²) in [6.07, 6.45) is 0. The number of benzene rings is 2. The molecule has 0 aliphatic carbocycles. The van der Waals surface area contributed by atoms with Gasteiger partial charge < -0.3 is 14.0 Å². The monoisotopic (exact) mass is 388 g/mol. The Kier molecular flexibility index (Phi) is 6.61. The fraction of sp³-hybridized carbons (Fsp3) is 0.333. The number of aryl methyl sites for hydroxylation is 2. The smallest absolute Gasteiger partial charge is 0.320 e. The van der Waals surface area contributed by atoms with Crippen LogP contribution in [0.25, 0.3) is 0 Å². The molecular weight excluding hydrogens is 363 g/mol. The van der Waals surface area contributed by atoms with Gasteiger partial charge in [-0.3, -0.25) is 9.59 Å². The van der Waals surface area contributed by atoms with Gasteiger partial charge in [-0.25, -0.2) is 0 Å². The Morgan fingerprint density at radius 1 is 0.778 bits per heavy atom. The molecule has 6 heteroatoms. The SMILES string of the molecule is COC(=O)C(C(=O)OC)C(C)P(=O)(c1ccc(C)cc1)c1ccc(C)cc1. The van der Waals surface area contributed by atoms with E-state index in [4.69, 9.17) is 9.47 Å². The maximum atomic E-state index is 14.4. The van der Waals surface area contributed by atoms with Crippen molar-refractivity contribution in [2.75, 3.05) is 14.2 Å². The fourth-order valence-electron chi connectivity index (χ4n) is 3.11. The fourth-order valence-corrected chi connectivity index (χ4v) is 6.19. The third kappa shape index (κ3) is 4.14. The van der Waals surface area contributed by atoms with Crippen LogP contribution in [-0.4, -0.2) is 31.8 Å². The second-order valence-corrected chi connectivity index (χ2v) is 9.76. The number of rotatable bonds is 6. The summed E-state index contributed by atoms with van der Waals surface area (Å²) in [4.78, 5) is 24.7. The molecule has 0 aromatic heterocycles. The van der Waals surface area contributed by atoms with Crippen molar-refractivity contribution in [3.05, 3.63) is 59.7 Å². The molecule has 0 aliphatic heterocycles. The first-order valence-corrected chi connectivity index (χ1v) is 10.4. The van der Waals surface area contributed by atoms with Crippen LogP contribution >= 0.6 is 7.14 Å². The van der Waals surface area contributed by atoms with Gasteiger partial charge in [-0.1, -0.05) is 66.6 Å². The molecule has 0 spiro atoms. The summed E-state index contributed by atoms with van der Waals surface area (Å²) >= 11 is 0. The minimum Gasteiger partial charge on any atom is -0.468 e. The molecule has 0 radical (unpaired) electrons. The Morgan fingerprint density at radius 2 is 1.11 bits per heavy atom. The zero-order valence-electron chi connectivity index (χ0n) is 16.3. The Hall–Kier alpha value is -2.39. The molecule has 0 fully saturated rings. The number of carbonyl (C=O) groups is 2. The lowest BCUT2D eigenvalue weighted by molar-refractivity contribution is -0.158. The molecule has 1 unspecified atom stereocenters. The molecule has 2 aromatic rings. The minimum atomic E-state index is -3.35. The molecule has 0 N–H and O–H groups in total. The Bertz CT molecular complexity index is 790. The van der Waals surface area contributed by atoms with Gasteiger partial charge in [-0.05, 0) is 13.8 Å². The summed E-state index contributed by atoms with van der Waals surface area (Å²) in [7, 11) is -0.943. The highest BCUT2D eigenvalue weighted by molar-refractivity contribution is 7.79. The van der Waals surface area contributed by atoms with Crippen LogP contribution in [0.5, 0.6) is 0 Å². The van der Waals surface area contributed by atoms with Crippen molar-refractivity contribution in [3.63, 3.8) is 0 Å². The maximum absolute atomic E-state index is 14.4. The van der Waals surface area contributed by atoms with Crippen molar-refractivity contribution in [3.8, 4) is 0 Å². The molecule has 0 saturated carbocycles. The van der Waals surface area contributed by atoms with E-state index in [0.29, 0.717) is 10.6 Å². The molecule has 1 atom stereocenters. The molecule has 0 aliphatic rings. The highest BCUT2D eigenvalue weighted by atomic mass is 31.2.